The number of nitrogens with zero attached hydrogens (tertiary/aromatic N) is 2. The maximum absolute atomic E-state index is 11.1. The number of nitrogens with one attached hydrogen (secondary N) is 1. The van der Waals surface area contributed by atoms with Crippen LogP contribution in [-0.2, 0) is 6.54 Å². The minimum atomic E-state index is -0.418. The lowest BCUT2D eigenvalue weighted by molar-refractivity contribution is -0.384. The molecule has 0 aliphatic rings. The Kier molecular flexibility index (Phi) is 5.01. The van der Waals surface area contributed by atoms with Gasteiger partial charge >= 0.3 is 0 Å². The molecule has 6 nitrogen and oxygen atoms in total. The monoisotopic (exact) mass is 335 g/mol. The fourth-order valence-corrected chi connectivity index (χ4v) is 2.45. The van der Waals surface area contributed by atoms with Crippen LogP contribution in [0.4, 0.5) is 11.4 Å². The first kappa shape index (κ1) is 16.6. The lowest BCUT2D eigenvalue weighted by Gasteiger charge is -2.00. The van der Waals surface area contributed by atoms with Crippen molar-refractivity contribution >= 4 is 17.6 Å². The van der Waals surface area contributed by atoms with Gasteiger partial charge in [-0.25, -0.2) is 0 Å². The Balaban J connectivity index is 1.79. The topological polar surface area (TPSA) is 80.7 Å². The van der Waals surface area contributed by atoms with Crippen molar-refractivity contribution in [1.82, 2.24) is 5.32 Å². The van der Waals surface area contributed by atoms with Crippen molar-refractivity contribution in [3.05, 3.63) is 82.1 Å². The van der Waals surface area contributed by atoms with E-state index in [1.54, 1.807) is 36.5 Å². The molecule has 0 unspecified atom stereocenters. The van der Waals surface area contributed by atoms with Gasteiger partial charge in [0.25, 0.3) is 5.69 Å². The average molecular weight is 335 g/mol. The Morgan fingerprint density at radius 2 is 1.88 bits per heavy atom. The fourth-order valence-electron chi connectivity index (χ4n) is 2.45. The Morgan fingerprint density at radius 1 is 1.12 bits per heavy atom. The van der Waals surface area contributed by atoms with E-state index in [-0.39, 0.29) is 5.69 Å². The van der Waals surface area contributed by atoms with Gasteiger partial charge in [0.1, 0.15) is 11.5 Å². The Hall–Kier alpha value is -3.25. The van der Waals surface area contributed by atoms with Gasteiger partial charge in [0.05, 0.1) is 22.4 Å². The van der Waals surface area contributed by atoms with E-state index in [0.29, 0.717) is 17.1 Å². The summed E-state index contributed by atoms with van der Waals surface area (Å²) < 4.78 is 5.68. The quantitative estimate of drug-likeness (QED) is 0.413. The SMILES string of the molecule is CNCc1ccc(N=Cc2ccc(-c3ccccc3[N+](=O)[O-])o2)cc1. The summed E-state index contributed by atoms with van der Waals surface area (Å²) in [6.07, 6.45) is 1.60. The number of hydrogen-bond donors (Lipinski definition) is 1. The van der Waals surface area contributed by atoms with Crippen molar-refractivity contribution in [3.8, 4) is 11.3 Å². The molecule has 1 N–H and O–H groups in total. The number of nitro benzene ring substituents is 1. The summed E-state index contributed by atoms with van der Waals surface area (Å²) in [5.74, 6) is 0.977. The molecule has 6 heteroatoms. The zero-order valence-corrected chi connectivity index (χ0v) is 13.7. The van der Waals surface area contributed by atoms with Gasteiger partial charge in [0.15, 0.2) is 0 Å². The lowest BCUT2D eigenvalue weighted by Crippen LogP contribution is -2.04. The molecule has 1 heterocycles. The van der Waals surface area contributed by atoms with Crippen LogP contribution in [0.15, 0.2) is 70.1 Å². The molecule has 0 bridgehead atoms. The van der Waals surface area contributed by atoms with Gasteiger partial charge in [-0.15, -0.1) is 0 Å². The van der Waals surface area contributed by atoms with E-state index in [1.165, 1.54) is 11.6 Å². The van der Waals surface area contributed by atoms with Crippen LogP contribution in [0.2, 0.25) is 0 Å². The lowest BCUT2D eigenvalue weighted by atomic mass is 10.1. The molecule has 0 aliphatic heterocycles. The predicted octanol–water partition coefficient (Wildman–Crippen LogP) is 4.32. The highest BCUT2D eigenvalue weighted by molar-refractivity contribution is 5.80. The number of furan rings is 1. The zero-order chi connectivity index (χ0) is 17.6. The minimum absolute atomic E-state index is 0.0143. The number of aliphatic imine (C=N–C) groups is 1. The van der Waals surface area contributed by atoms with Crippen LogP contribution in [0.25, 0.3) is 11.3 Å². The number of rotatable bonds is 6. The minimum Gasteiger partial charge on any atom is -0.455 e. The van der Waals surface area contributed by atoms with E-state index in [9.17, 15) is 10.1 Å². The second kappa shape index (κ2) is 7.55. The van der Waals surface area contributed by atoms with Gasteiger partial charge in [-0.1, -0.05) is 24.3 Å². The first-order valence-electron chi connectivity index (χ1n) is 7.78. The molecule has 25 heavy (non-hydrogen) atoms. The Bertz CT molecular complexity index is 898. The van der Waals surface area contributed by atoms with E-state index >= 15 is 0 Å². The molecule has 0 saturated heterocycles. The van der Waals surface area contributed by atoms with Gasteiger partial charge in [-0.05, 0) is 42.9 Å². The second-order valence-electron chi connectivity index (χ2n) is 5.43. The van der Waals surface area contributed by atoms with Crippen LogP contribution in [0.5, 0.6) is 0 Å². The summed E-state index contributed by atoms with van der Waals surface area (Å²) >= 11 is 0. The van der Waals surface area contributed by atoms with Crippen LogP contribution >= 0.6 is 0 Å². The van der Waals surface area contributed by atoms with E-state index in [1.807, 2.05) is 31.3 Å². The highest BCUT2D eigenvalue weighted by atomic mass is 16.6. The number of nitro groups is 1. The molecule has 0 spiro atoms. The van der Waals surface area contributed by atoms with Crippen molar-refractivity contribution in [1.29, 1.82) is 0 Å². The first-order valence-corrected chi connectivity index (χ1v) is 7.78. The largest absolute Gasteiger partial charge is 0.455 e. The summed E-state index contributed by atoms with van der Waals surface area (Å²) in [7, 11) is 1.90. The van der Waals surface area contributed by atoms with Crippen LogP contribution in [-0.4, -0.2) is 18.2 Å². The first-order chi connectivity index (χ1) is 12.2. The van der Waals surface area contributed by atoms with Gasteiger partial charge in [0.2, 0.25) is 0 Å². The summed E-state index contributed by atoms with van der Waals surface area (Å²) in [6.45, 7) is 0.807. The summed E-state index contributed by atoms with van der Waals surface area (Å²) in [5.41, 5.74) is 2.45. The number of benzene rings is 2. The molecule has 0 aliphatic carbocycles. The molecule has 0 atom stereocenters. The molecular weight excluding hydrogens is 318 g/mol. The molecule has 0 radical (unpaired) electrons. The van der Waals surface area contributed by atoms with E-state index in [4.69, 9.17) is 4.42 Å². The third-order valence-corrected chi connectivity index (χ3v) is 3.65. The average Bonchev–Trinajstić information content (AvgIpc) is 3.10. The normalized spacial score (nSPS) is 11.1. The third kappa shape index (κ3) is 3.99. The molecule has 3 aromatic rings. The van der Waals surface area contributed by atoms with Crippen LogP contribution in [0, 0.1) is 10.1 Å². The third-order valence-electron chi connectivity index (χ3n) is 3.65. The van der Waals surface area contributed by atoms with Crippen molar-refractivity contribution in [2.45, 2.75) is 6.54 Å². The fraction of sp³-hybridized carbons (Fsp3) is 0.105. The molecule has 0 saturated carbocycles. The smallest absolute Gasteiger partial charge is 0.280 e. The highest BCUT2D eigenvalue weighted by Gasteiger charge is 2.16. The second-order valence-corrected chi connectivity index (χ2v) is 5.43. The number of hydrogen-bond acceptors (Lipinski definition) is 5. The Labute approximate surface area is 145 Å². The predicted molar refractivity (Wildman–Crippen MR) is 97.3 cm³/mol. The zero-order valence-electron chi connectivity index (χ0n) is 13.7. The maximum Gasteiger partial charge on any atom is 0.280 e. The standard InChI is InChI=1S/C19H17N3O3/c1-20-12-14-6-8-15(9-7-14)21-13-16-10-11-19(25-16)17-4-2-3-5-18(17)22(23)24/h2-11,13,20H,12H2,1H3. The van der Waals surface area contributed by atoms with Gasteiger partial charge in [0, 0.05) is 12.6 Å². The van der Waals surface area contributed by atoms with E-state index in [0.717, 1.165) is 12.2 Å². The van der Waals surface area contributed by atoms with Gasteiger partial charge in [-0.2, -0.15) is 0 Å². The molecule has 0 amide bonds. The number of para-hydroxylation sites is 1. The highest BCUT2D eigenvalue weighted by Crippen LogP contribution is 2.30. The molecule has 1 aromatic heterocycles. The molecule has 2 aromatic carbocycles. The molecular formula is C19H17N3O3. The van der Waals surface area contributed by atoms with Crippen molar-refractivity contribution < 1.29 is 9.34 Å². The van der Waals surface area contributed by atoms with Crippen LogP contribution in [0.1, 0.15) is 11.3 Å². The van der Waals surface area contributed by atoms with Crippen LogP contribution < -0.4 is 5.32 Å². The Morgan fingerprint density at radius 3 is 2.60 bits per heavy atom. The van der Waals surface area contributed by atoms with E-state index < -0.39 is 4.92 Å². The van der Waals surface area contributed by atoms with Crippen molar-refractivity contribution in [2.75, 3.05) is 7.05 Å². The van der Waals surface area contributed by atoms with Gasteiger partial charge in [-0.3, -0.25) is 15.1 Å². The maximum atomic E-state index is 11.1. The van der Waals surface area contributed by atoms with Crippen molar-refractivity contribution in [2.24, 2.45) is 4.99 Å². The molecule has 3 rings (SSSR count). The summed E-state index contributed by atoms with van der Waals surface area (Å²) in [6, 6.07) is 17.8. The summed E-state index contributed by atoms with van der Waals surface area (Å²) in [5, 5.41) is 14.2. The molecule has 0 fully saturated rings. The van der Waals surface area contributed by atoms with Crippen molar-refractivity contribution in [3.63, 3.8) is 0 Å². The van der Waals surface area contributed by atoms with Gasteiger partial charge < -0.3 is 9.73 Å². The summed E-state index contributed by atoms with van der Waals surface area (Å²) in [4.78, 5) is 15.1. The van der Waals surface area contributed by atoms with Crippen LogP contribution in [0.3, 0.4) is 0 Å². The van der Waals surface area contributed by atoms with E-state index in [2.05, 4.69) is 10.3 Å². The molecule has 126 valence electrons.